The van der Waals surface area contributed by atoms with Crippen LogP contribution in [0.4, 0.5) is 5.82 Å². The summed E-state index contributed by atoms with van der Waals surface area (Å²) in [5, 5.41) is 0. The van der Waals surface area contributed by atoms with E-state index in [4.69, 9.17) is 10.5 Å². The Bertz CT molecular complexity index is 493. The summed E-state index contributed by atoms with van der Waals surface area (Å²) in [5.74, 6) is 0.940. The minimum absolute atomic E-state index is 0.215. The second-order valence-corrected chi connectivity index (χ2v) is 4.48. The van der Waals surface area contributed by atoms with Gasteiger partial charge in [0, 0.05) is 13.0 Å². The van der Waals surface area contributed by atoms with Crippen molar-refractivity contribution in [3.05, 3.63) is 47.9 Å². The van der Waals surface area contributed by atoms with E-state index in [0.29, 0.717) is 6.61 Å². The fourth-order valence-corrected chi connectivity index (χ4v) is 2.02. The molecule has 1 aromatic heterocycles. The van der Waals surface area contributed by atoms with E-state index < -0.39 is 0 Å². The average Bonchev–Trinajstić information content (AvgIpc) is 2.73. The Labute approximate surface area is 107 Å². The first kappa shape index (κ1) is 12.6. The molecule has 1 heterocycles. The van der Waals surface area contributed by atoms with Gasteiger partial charge in [0.15, 0.2) is 0 Å². The van der Waals surface area contributed by atoms with E-state index >= 15 is 0 Å². The predicted molar refractivity (Wildman–Crippen MR) is 72.5 cm³/mol. The van der Waals surface area contributed by atoms with Crippen LogP contribution in [0.3, 0.4) is 0 Å². The molecule has 18 heavy (non-hydrogen) atoms. The van der Waals surface area contributed by atoms with E-state index in [1.807, 2.05) is 22.8 Å². The lowest BCUT2D eigenvalue weighted by molar-refractivity contribution is 0.183. The highest BCUT2D eigenvalue weighted by Crippen LogP contribution is 2.21. The Balaban J connectivity index is 2.16. The van der Waals surface area contributed by atoms with E-state index in [1.54, 1.807) is 13.4 Å². The van der Waals surface area contributed by atoms with Gasteiger partial charge in [-0.1, -0.05) is 37.3 Å². The number of hydrogen-bond donors (Lipinski definition) is 1. The molecular weight excluding hydrogens is 226 g/mol. The SMILES string of the molecule is COCC(C)c1ncn(Cc2ccccc2)c1N. The first-order chi connectivity index (χ1) is 8.72. The van der Waals surface area contributed by atoms with Crippen LogP contribution in [0.25, 0.3) is 0 Å². The average molecular weight is 245 g/mol. The van der Waals surface area contributed by atoms with Crippen LogP contribution in [0.2, 0.25) is 0 Å². The second kappa shape index (κ2) is 5.69. The zero-order valence-electron chi connectivity index (χ0n) is 10.8. The number of hydrogen-bond acceptors (Lipinski definition) is 3. The zero-order valence-corrected chi connectivity index (χ0v) is 10.8. The number of rotatable bonds is 5. The molecule has 2 aromatic rings. The van der Waals surface area contributed by atoms with Crippen LogP contribution in [-0.2, 0) is 11.3 Å². The maximum absolute atomic E-state index is 6.13. The van der Waals surface area contributed by atoms with Crippen molar-refractivity contribution in [2.45, 2.75) is 19.4 Å². The molecule has 0 radical (unpaired) electrons. The van der Waals surface area contributed by atoms with Crippen molar-refractivity contribution < 1.29 is 4.74 Å². The molecule has 0 amide bonds. The van der Waals surface area contributed by atoms with E-state index in [1.165, 1.54) is 5.56 Å². The van der Waals surface area contributed by atoms with Crippen molar-refractivity contribution in [2.75, 3.05) is 19.5 Å². The van der Waals surface area contributed by atoms with Gasteiger partial charge in [0.05, 0.1) is 25.2 Å². The molecule has 0 saturated carbocycles. The Hall–Kier alpha value is -1.81. The molecule has 4 nitrogen and oxygen atoms in total. The zero-order chi connectivity index (χ0) is 13.0. The molecule has 0 fully saturated rings. The van der Waals surface area contributed by atoms with Gasteiger partial charge >= 0.3 is 0 Å². The molecule has 0 saturated heterocycles. The molecule has 0 aliphatic carbocycles. The van der Waals surface area contributed by atoms with Crippen molar-refractivity contribution in [1.82, 2.24) is 9.55 Å². The van der Waals surface area contributed by atoms with Crippen molar-refractivity contribution >= 4 is 5.82 Å². The van der Waals surface area contributed by atoms with E-state index in [2.05, 4.69) is 24.0 Å². The lowest BCUT2D eigenvalue weighted by Gasteiger charge is -2.10. The van der Waals surface area contributed by atoms with Gasteiger partial charge in [0.2, 0.25) is 0 Å². The molecule has 0 aliphatic heterocycles. The number of anilines is 1. The molecular formula is C14H19N3O. The number of methoxy groups -OCH3 is 1. The molecule has 96 valence electrons. The highest BCUT2D eigenvalue weighted by Gasteiger charge is 2.14. The number of aromatic nitrogens is 2. The summed E-state index contributed by atoms with van der Waals surface area (Å²) in [4.78, 5) is 4.39. The van der Waals surface area contributed by atoms with Crippen molar-refractivity contribution in [3.63, 3.8) is 0 Å². The van der Waals surface area contributed by atoms with Crippen LogP contribution in [0.5, 0.6) is 0 Å². The van der Waals surface area contributed by atoms with Crippen LogP contribution in [-0.4, -0.2) is 23.3 Å². The maximum Gasteiger partial charge on any atom is 0.127 e. The van der Waals surface area contributed by atoms with Crippen LogP contribution in [0.1, 0.15) is 24.1 Å². The maximum atomic E-state index is 6.13. The van der Waals surface area contributed by atoms with Gasteiger partial charge in [-0.2, -0.15) is 0 Å². The highest BCUT2D eigenvalue weighted by molar-refractivity contribution is 5.39. The first-order valence-corrected chi connectivity index (χ1v) is 6.05. The quantitative estimate of drug-likeness (QED) is 0.879. The topological polar surface area (TPSA) is 53.1 Å². The number of ether oxygens (including phenoxy) is 1. The minimum Gasteiger partial charge on any atom is -0.384 e. The largest absolute Gasteiger partial charge is 0.384 e. The Morgan fingerprint density at radius 3 is 2.72 bits per heavy atom. The minimum atomic E-state index is 0.215. The highest BCUT2D eigenvalue weighted by atomic mass is 16.5. The fraction of sp³-hybridized carbons (Fsp3) is 0.357. The number of nitrogens with two attached hydrogens (primary N) is 1. The van der Waals surface area contributed by atoms with Crippen molar-refractivity contribution in [3.8, 4) is 0 Å². The van der Waals surface area contributed by atoms with Gasteiger partial charge in [0.1, 0.15) is 5.82 Å². The van der Waals surface area contributed by atoms with Gasteiger partial charge < -0.3 is 15.0 Å². The molecule has 0 spiro atoms. The van der Waals surface area contributed by atoms with Crippen LogP contribution in [0, 0.1) is 0 Å². The van der Waals surface area contributed by atoms with E-state index in [0.717, 1.165) is 18.1 Å². The summed E-state index contributed by atoms with van der Waals surface area (Å²) in [5.41, 5.74) is 8.25. The number of imidazole rings is 1. The third-order valence-electron chi connectivity index (χ3n) is 2.99. The van der Waals surface area contributed by atoms with Gasteiger partial charge in [0.25, 0.3) is 0 Å². The van der Waals surface area contributed by atoms with Crippen LogP contribution < -0.4 is 5.73 Å². The summed E-state index contributed by atoms with van der Waals surface area (Å²) in [6.45, 7) is 3.45. The summed E-state index contributed by atoms with van der Waals surface area (Å²) in [6.07, 6.45) is 1.80. The Morgan fingerprint density at radius 1 is 1.33 bits per heavy atom. The molecule has 2 rings (SSSR count). The number of nitrogen functional groups attached to an aromatic ring is 1. The standard InChI is InChI=1S/C14H19N3O/c1-11(9-18-2)13-14(15)17(10-16-13)8-12-6-4-3-5-7-12/h3-7,10-11H,8-9,15H2,1-2H3. The van der Waals surface area contributed by atoms with Gasteiger partial charge in [-0.05, 0) is 5.56 Å². The van der Waals surface area contributed by atoms with Crippen LogP contribution >= 0.6 is 0 Å². The van der Waals surface area contributed by atoms with Gasteiger partial charge in [-0.15, -0.1) is 0 Å². The third-order valence-corrected chi connectivity index (χ3v) is 2.99. The van der Waals surface area contributed by atoms with Crippen molar-refractivity contribution in [1.29, 1.82) is 0 Å². The molecule has 0 bridgehead atoms. The first-order valence-electron chi connectivity index (χ1n) is 6.05. The number of benzene rings is 1. The van der Waals surface area contributed by atoms with Gasteiger partial charge in [-0.3, -0.25) is 0 Å². The molecule has 2 N–H and O–H groups in total. The van der Waals surface area contributed by atoms with Crippen molar-refractivity contribution in [2.24, 2.45) is 0 Å². The van der Waals surface area contributed by atoms with Gasteiger partial charge in [-0.25, -0.2) is 4.98 Å². The summed E-state index contributed by atoms with van der Waals surface area (Å²) >= 11 is 0. The lowest BCUT2D eigenvalue weighted by atomic mass is 10.1. The molecule has 1 unspecified atom stereocenters. The second-order valence-electron chi connectivity index (χ2n) is 4.48. The Morgan fingerprint density at radius 2 is 2.06 bits per heavy atom. The lowest BCUT2D eigenvalue weighted by Crippen LogP contribution is -2.08. The fourth-order valence-electron chi connectivity index (χ4n) is 2.02. The molecule has 4 heteroatoms. The Kier molecular flexibility index (Phi) is 3.99. The van der Waals surface area contributed by atoms with E-state index in [9.17, 15) is 0 Å². The third kappa shape index (κ3) is 2.71. The molecule has 1 aromatic carbocycles. The molecule has 1 atom stereocenters. The smallest absolute Gasteiger partial charge is 0.127 e. The summed E-state index contributed by atoms with van der Waals surface area (Å²) in [7, 11) is 1.69. The molecule has 0 aliphatic rings. The summed E-state index contributed by atoms with van der Waals surface area (Å²) < 4.78 is 7.10. The van der Waals surface area contributed by atoms with E-state index in [-0.39, 0.29) is 5.92 Å². The van der Waals surface area contributed by atoms with Crippen LogP contribution in [0.15, 0.2) is 36.7 Å². The number of nitrogens with zero attached hydrogens (tertiary/aromatic N) is 2. The summed E-state index contributed by atoms with van der Waals surface area (Å²) in [6, 6.07) is 10.2. The normalized spacial score (nSPS) is 12.6. The predicted octanol–water partition coefficient (Wildman–Crippen LogP) is 2.26. The monoisotopic (exact) mass is 245 g/mol.